The third-order valence-electron chi connectivity index (χ3n) is 3.83. The molecular formula is C15H22ClN3O2. The van der Waals surface area contributed by atoms with Crippen LogP contribution in [0.15, 0.2) is 18.2 Å². The molecule has 21 heavy (non-hydrogen) atoms. The molecule has 5 nitrogen and oxygen atoms in total. The lowest BCUT2D eigenvalue weighted by Crippen LogP contribution is -2.45. The van der Waals surface area contributed by atoms with Crippen LogP contribution in [0.25, 0.3) is 0 Å². The van der Waals surface area contributed by atoms with E-state index in [4.69, 9.17) is 22.4 Å². The maximum absolute atomic E-state index is 12.2. The minimum atomic E-state index is -0.0890. The van der Waals surface area contributed by atoms with Crippen molar-refractivity contribution in [1.29, 1.82) is 0 Å². The molecule has 6 heteroatoms. The molecule has 0 heterocycles. The van der Waals surface area contributed by atoms with Crippen molar-refractivity contribution in [2.75, 3.05) is 30.7 Å². The van der Waals surface area contributed by atoms with Gasteiger partial charge in [-0.1, -0.05) is 18.0 Å². The van der Waals surface area contributed by atoms with Gasteiger partial charge in [0.25, 0.3) is 0 Å². The highest BCUT2D eigenvalue weighted by Crippen LogP contribution is 2.25. The van der Waals surface area contributed by atoms with Crippen molar-refractivity contribution < 1.29 is 9.90 Å². The highest BCUT2D eigenvalue weighted by molar-refractivity contribution is 6.31. The smallest absolute Gasteiger partial charge is 0.238 e. The van der Waals surface area contributed by atoms with Gasteiger partial charge in [-0.2, -0.15) is 0 Å². The van der Waals surface area contributed by atoms with Gasteiger partial charge in [-0.25, -0.2) is 0 Å². The number of anilines is 2. The van der Waals surface area contributed by atoms with Gasteiger partial charge in [0, 0.05) is 24.2 Å². The van der Waals surface area contributed by atoms with Gasteiger partial charge in [-0.3, -0.25) is 9.69 Å². The molecule has 0 unspecified atom stereocenters. The van der Waals surface area contributed by atoms with E-state index in [0.717, 1.165) is 19.4 Å². The van der Waals surface area contributed by atoms with E-state index in [2.05, 4.69) is 10.2 Å². The number of hydrogen-bond donors (Lipinski definition) is 3. The first-order chi connectivity index (χ1) is 10.1. The molecule has 0 aromatic heterocycles. The number of nitrogens with zero attached hydrogens (tertiary/aromatic N) is 1. The summed E-state index contributed by atoms with van der Waals surface area (Å²) in [5.74, 6) is -0.0890. The molecule has 1 aliphatic carbocycles. The van der Waals surface area contributed by atoms with Gasteiger partial charge in [-0.15, -0.1) is 0 Å². The summed E-state index contributed by atoms with van der Waals surface area (Å²) < 4.78 is 0. The summed E-state index contributed by atoms with van der Waals surface area (Å²) in [6, 6.07) is 5.48. The quantitative estimate of drug-likeness (QED) is 0.674. The van der Waals surface area contributed by atoms with Crippen LogP contribution in [0.1, 0.15) is 25.7 Å². The molecule has 116 valence electrons. The molecule has 0 spiro atoms. The topological polar surface area (TPSA) is 78.6 Å². The molecule has 4 N–H and O–H groups in total. The molecule has 0 aliphatic heterocycles. The molecule has 1 saturated carbocycles. The van der Waals surface area contributed by atoms with E-state index >= 15 is 0 Å². The Morgan fingerprint density at radius 1 is 1.48 bits per heavy atom. The van der Waals surface area contributed by atoms with Crippen molar-refractivity contribution in [3.8, 4) is 0 Å². The second-order valence-electron chi connectivity index (χ2n) is 5.41. The standard InChI is InChI=1S/C15H22ClN3O2/c16-11-5-6-14(13(17)9-11)18-15(21)10-19(7-2-8-20)12-3-1-4-12/h5-6,9,12,20H,1-4,7-8,10,17H2,(H,18,21). The normalized spacial score (nSPS) is 15.0. The van der Waals surface area contributed by atoms with E-state index < -0.39 is 0 Å². The fourth-order valence-corrected chi connectivity index (χ4v) is 2.62. The van der Waals surface area contributed by atoms with Gasteiger partial charge in [-0.05, 0) is 37.5 Å². The van der Waals surface area contributed by atoms with Gasteiger partial charge < -0.3 is 16.2 Å². The number of aliphatic hydroxyl groups excluding tert-OH is 1. The van der Waals surface area contributed by atoms with Gasteiger partial charge in [0.15, 0.2) is 0 Å². The Morgan fingerprint density at radius 2 is 2.24 bits per heavy atom. The van der Waals surface area contributed by atoms with Crippen LogP contribution in [-0.4, -0.2) is 41.7 Å². The predicted octanol–water partition coefficient (Wildman–Crippen LogP) is 2.10. The highest BCUT2D eigenvalue weighted by Gasteiger charge is 2.26. The first kappa shape index (κ1) is 16.1. The summed E-state index contributed by atoms with van der Waals surface area (Å²) in [7, 11) is 0. The Labute approximate surface area is 130 Å². The Morgan fingerprint density at radius 3 is 2.81 bits per heavy atom. The van der Waals surface area contributed by atoms with Crippen LogP contribution >= 0.6 is 11.6 Å². The monoisotopic (exact) mass is 311 g/mol. The first-order valence-electron chi connectivity index (χ1n) is 7.30. The lowest BCUT2D eigenvalue weighted by molar-refractivity contribution is -0.118. The summed E-state index contributed by atoms with van der Waals surface area (Å²) >= 11 is 5.84. The first-order valence-corrected chi connectivity index (χ1v) is 7.67. The van der Waals surface area contributed by atoms with Gasteiger partial charge in [0.1, 0.15) is 0 Å². The van der Waals surface area contributed by atoms with Crippen LogP contribution < -0.4 is 11.1 Å². The number of aliphatic hydroxyl groups is 1. The van der Waals surface area contributed by atoms with Crippen LogP contribution in [-0.2, 0) is 4.79 Å². The van der Waals surface area contributed by atoms with E-state index in [1.165, 1.54) is 6.42 Å². The molecule has 1 fully saturated rings. The van der Waals surface area contributed by atoms with E-state index in [1.54, 1.807) is 18.2 Å². The summed E-state index contributed by atoms with van der Waals surface area (Å²) in [5, 5.41) is 12.3. The largest absolute Gasteiger partial charge is 0.397 e. The summed E-state index contributed by atoms with van der Waals surface area (Å²) in [4.78, 5) is 14.3. The van der Waals surface area contributed by atoms with Crippen molar-refractivity contribution in [2.24, 2.45) is 0 Å². The van der Waals surface area contributed by atoms with Gasteiger partial charge in [0.2, 0.25) is 5.91 Å². The van der Waals surface area contributed by atoms with Crippen molar-refractivity contribution in [3.63, 3.8) is 0 Å². The van der Waals surface area contributed by atoms with Crippen molar-refractivity contribution >= 4 is 28.9 Å². The Hall–Kier alpha value is -1.30. The molecule has 0 bridgehead atoms. The maximum Gasteiger partial charge on any atom is 0.238 e. The number of hydrogen-bond acceptors (Lipinski definition) is 4. The second kappa shape index (κ2) is 7.64. The number of benzene rings is 1. The van der Waals surface area contributed by atoms with Gasteiger partial charge in [0.05, 0.1) is 17.9 Å². The Balaban J connectivity index is 1.91. The number of nitrogens with one attached hydrogen (secondary N) is 1. The van der Waals surface area contributed by atoms with Crippen LogP contribution in [0.4, 0.5) is 11.4 Å². The number of carbonyl (C=O) groups excluding carboxylic acids is 1. The minimum Gasteiger partial charge on any atom is -0.397 e. The van der Waals surface area contributed by atoms with E-state index in [-0.39, 0.29) is 12.5 Å². The molecule has 1 aliphatic rings. The lowest BCUT2D eigenvalue weighted by atomic mass is 9.91. The van der Waals surface area contributed by atoms with Crippen molar-refractivity contribution in [1.82, 2.24) is 4.90 Å². The van der Waals surface area contributed by atoms with Crippen LogP contribution in [0.2, 0.25) is 5.02 Å². The average Bonchev–Trinajstić information content (AvgIpc) is 2.37. The maximum atomic E-state index is 12.2. The third-order valence-corrected chi connectivity index (χ3v) is 4.06. The summed E-state index contributed by atoms with van der Waals surface area (Å²) in [5.41, 5.74) is 6.88. The summed E-state index contributed by atoms with van der Waals surface area (Å²) in [6.07, 6.45) is 4.16. The SMILES string of the molecule is Nc1cc(Cl)ccc1NC(=O)CN(CCCO)C1CCC1. The van der Waals surface area contributed by atoms with E-state index in [0.29, 0.717) is 35.4 Å². The zero-order valence-corrected chi connectivity index (χ0v) is 12.8. The molecule has 0 atom stereocenters. The minimum absolute atomic E-state index is 0.0890. The zero-order chi connectivity index (χ0) is 15.2. The molecule has 0 saturated heterocycles. The van der Waals surface area contributed by atoms with Gasteiger partial charge >= 0.3 is 0 Å². The zero-order valence-electron chi connectivity index (χ0n) is 12.0. The predicted molar refractivity (Wildman–Crippen MR) is 85.4 cm³/mol. The second-order valence-corrected chi connectivity index (χ2v) is 5.85. The number of halogens is 1. The Bertz CT molecular complexity index is 492. The lowest BCUT2D eigenvalue weighted by Gasteiger charge is -2.37. The average molecular weight is 312 g/mol. The molecular weight excluding hydrogens is 290 g/mol. The van der Waals surface area contributed by atoms with Crippen LogP contribution in [0, 0.1) is 0 Å². The van der Waals surface area contributed by atoms with Crippen molar-refractivity contribution in [3.05, 3.63) is 23.2 Å². The molecule has 0 radical (unpaired) electrons. The number of rotatable bonds is 7. The molecule has 1 amide bonds. The van der Waals surface area contributed by atoms with Crippen LogP contribution in [0.3, 0.4) is 0 Å². The van der Waals surface area contributed by atoms with Crippen molar-refractivity contribution in [2.45, 2.75) is 31.7 Å². The number of nitrogen functional groups attached to an aromatic ring is 1. The number of nitrogens with two attached hydrogens (primary N) is 1. The fourth-order valence-electron chi connectivity index (χ4n) is 2.44. The molecule has 1 aromatic carbocycles. The van der Waals surface area contributed by atoms with E-state index in [9.17, 15) is 4.79 Å². The fraction of sp³-hybridized carbons (Fsp3) is 0.533. The third kappa shape index (κ3) is 4.59. The molecule has 2 rings (SSSR count). The summed E-state index contributed by atoms with van der Waals surface area (Å²) in [6.45, 7) is 1.21. The number of carbonyl (C=O) groups is 1. The van der Waals surface area contributed by atoms with Crippen LogP contribution in [0.5, 0.6) is 0 Å². The molecule has 1 aromatic rings. The Kier molecular flexibility index (Phi) is 5.85. The van der Waals surface area contributed by atoms with E-state index in [1.807, 2.05) is 0 Å². The number of amides is 1. The highest BCUT2D eigenvalue weighted by atomic mass is 35.5.